The van der Waals surface area contributed by atoms with Gasteiger partial charge in [0.15, 0.2) is 0 Å². The third kappa shape index (κ3) is 6.63. The SMILES string of the molecule is CCCNC(CCCOc1ccccc1)C(C)CC. The fourth-order valence-corrected chi connectivity index (χ4v) is 2.21. The van der Waals surface area contributed by atoms with E-state index in [1.165, 1.54) is 19.3 Å². The standard InChI is InChI=1S/C17H29NO/c1-4-13-18-17(15(3)5-2)12-9-14-19-16-10-7-6-8-11-16/h6-8,10-11,15,17-18H,4-5,9,12-14H2,1-3H3. The molecule has 108 valence electrons. The number of benzene rings is 1. The van der Waals surface area contributed by atoms with Crippen molar-refractivity contribution in [1.29, 1.82) is 0 Å². The quantitative estimate of drug-likeness (QED) is 0.637. The van der Waals surface area contributed by atoms with Gasteiger partial charge in [-0.05, 0) is 43.9 Å². The van der Waals surface area contributed by atoms with E-state index < -0.39 is 0 Å². The molecule has 1 aromatic carbocycles. The van der Waals surface area contributed by atoms with Gasteiger partial charge < -0.3 is 10.1 Å². The van der Waals surface area contributed by atoms with Crippen LogP contribution >= 0.6 is 0 Å². The topological polar surface area (TPSA) is 21.3 Å². The molecular formula is C17H29NO. The lowest BCUT2D eigenvalue weighted by Gasteiger charge is -2.24. The van der Waals surface area contributed by atoms with Crippen molar-refractivity contribution in [2.75, 3.05) is 13.2 Å². The Bertz CT molecular complexity index is 312. The van der Waals surface area contributed by atoms with Gasteiger partial charge in [-0.15, -0.1) is 0 Å². The van der Waals surface area contributed by atoms with E-state index in [0.29, 0.717) is 6.04 Å². The van der Waals surface area contributed by atoms with Crippen LogP contribution < -0.4 is 10.1 Å². The molecule has 0 spiro atoms. The second-order valence-corrected chi connectivity index (χ2v) is 5.25. The molecule has 0 radical (unpaired) electrons. The molecule has 0 aliphatic carbocycles. The lowest BCUT2D eigenvalue weighted by atomic mass is 9.95. The molecule has 0 fully saturated rings. The number of hydrogen-bond donors (Lipinski definition) is 1. The predicted octanol–water partition coefficient (Wildman–Crippen LogP) is 4.26. The van der Waals surface area contributed by atoms with Gasteiger partial charge in [0.1, 0.15) is 5.75 Å². The molecule has 1 N–H and O–H groups in total. The highest BCUT2D eigenvalue weighted by atomic mass is 16.5. The number of nitrogens with one attached hydrogen (secondary N) is 1. The fourth-order valence-electron chi connectivity index (χ4n) is 2.21. The van der Waals surface area contributed by atoms with Gasteiger partial charge in [-0.2, -0.15) is 0 Å². The molecule has 0 aromatic heterocycles. The van der Waals surface area contributed by atoms with Crippen LogP contribution in [0, 0.1) is 5.92 Å². The van der Waals surface area contributed by atoms with Crippen molar-refractivity contribution < 1.29 is 4.74 Å². The molecule has 0 aliphatic rings. The molecule has 0 saturated heterocycles. The largest absolute Gasteiger partial charge is 0.494 e. The Hall–Kier alpha value is -1.02. The predicted molar refractivity (Wildman–Crippen MR) is 82.7 cm³/mol. The minimum atomic E-state index is 0.629. The average Bonchev–Trinajstić information content (AvgIpc) is 2.47. The van der Waals surface area contributed by atoms with Crippen LogP contribution in [0.4, 0.5) is 0 Å². The molecule has 0 aliphatic heterocycles. The minimum absolute atomic E-state index is 0.629. The van der Waals surface area contributed by atoms with Crippen molar-refractivity contribution in [3.63, 3.8) is 0 Å². The molecule has 19 heavy (non-hydrogen) atoms. The van der Waals surface area contributed by atoms with Crippen LogP contribution in [0.15, 0.2) is 30.3 Å². The van der Waals surface area contributed by atoms with Crippen LogP contribution in [-0.4, -0.2) is 19.2 Å². The van der Waals surface area contributed by atoms with Gasteiger partial charge in [-0.25, -0.2) is 0 Å². The van der Waals surface area contributed by atoms with Crippen molar-refractivity contribution in [2.45, 2.75) is 52.5 Å². The van der Waals surface area contributed by atoms with E-state index in [-0.39, 0.29) is 0 Å². The van der Waals surface area contributed by atoms with Crippen molar-refractivity contribution >= 4 is 0 Å². The maximum atomic E-state index is 5.75. The van der Waals surface area contributed by atoms with Crippen LogP contribution in [-0.2, 0) is 0 Å². The molecular weight excluding hydrogens is 234 g/mol. The van der Waals surface area contributed by atoms with Gasteiger partial charge in [-0.1, -0.05) is 45.4 Å². The lowest BCUT2D eigenvalue weighted by molar-refractivity contribution is 0.275. The van der Waals surface area contributed by atoms with Crippen LogP contribution in [0.25, 0.3) is 0 Å². The minimum Gasteiger partial charge on any atom is -0.494 e. The summed E-state index contributed by atoms with van der Waals surface area (Å²) < 4.78 is 5.75. The van der Waals surface area contributed by atoms with Gasteiger partial charge in [0, 0.05) is 6.04 Å². The zero-order valence-electron chi connectivity index (χ0n) is 12.7. The van der Waals surface area contributed by atoms with Gasteiger partial charge in [0.25, 0.3) is 0 Å². The second-order valence-electron chi connectivity index (χ2n) is 5.25. The zero-order chi connectivity index (χ0) is 13.9. The number of ether oxygens (including phenoxy) is 1. The number of rotatable bonds is 10. The first-order chi connectivity index (χ1) is 9.27. The van der Waals surface area contributed by atoms with Crippen LogP contribution in [0.5, 0.6) is 5.75 Å². The second kappa shape index (κ2) is 9.85. The van der Waals surface area contributed by atoms with Gasteiger partial charge in [-0.3, -0.25) is 0 Å². The molecule has 0 heterocycles. The highest BCUT2D eigenvalue weighted by Crippen LogP contribution is 2.14. The van der Waals surface area contributed by atoms with Crippen LogP contribution in [0.1, 0.15) is 46.5 Å². The molecule has 0 bridgehead atoms. The van der Waals surface area contributed by atoms with Crippen molar-refractivity contribution in [1.82, 2.24) is 5.32 Å². The first-order valence-electron chi connectivity index (χ1n) is 7.69. The molecule has 1 rings (SSSR count). The summed E-state index contributed by atoms with van der Waals surface area (Å²) in [7, 11) is 0. The Labute approximate surface area is 118 Å². The van der Waals surface area contributed by atoms with Gasteiger partial charge >= 0.3 is 0 Å². The highest BCUT2D eigenvalue weighted by molar-refractivity contribution is 5.20. The summed E-state index contributed by atoms with van der Waals surface area (Å²) in [6.45, 7) is 8.76. The van der Waals surface area contributed by atoms with E-state index in [0.717, 1.165) is 31.2 Å². The van der Waals surface area contributed by atoms with E-state index in [4.69, 9.17) is 4.74 Å². The summed E-state index contributed by atoms with van der Waals surface area (Å²) in [4.78, 5) is 0. The summed E-state index contributed by atoms with van der Waals surface area (Å²) >= 11 is 0. The summed E-state index contributed by atoms with van der Waals surface area (Å²) in [5.74, 6) is 1.72. The van der Waals surface area contributed by atoms with Crippen LogP contribution in [0.3, 0.4) is 0 Å². The normalized spacial score (nSPS) is 14.1. The summed E-state index contributed by atoms with van der Waals surface area (Å²) in [5.41, 5.74) is 0. The van der Waals surface area contributed by atoms with E-state index in [1.807, 2.05) is 30.3 Å². The number of hydrogen-bond acceptors (Lipinski definition) is 2. The van der Waals surface area contributed by atoms with Crippen LogP contribution in [0.2, 0.25) is 0 Å². The highest BCUT2D eigenvalue weighted by Gasteiger charge is 2.14. The summed E-state index contributed by atoms with van der Waals surface area (Å²) in [6.07, 6.45) is 4.75. The average molecular weight is 263 g/mol. The first kappa shape index (κ1) is 16.0. The summed E-state index contributed by atoms with van der Waals surface area (Å²) in [5, 5.41) is 3.66. The zero-order valence-corrected chi connectivity index (χ0v) is 12.7. The molecule has 2 atom stereocenters. The summed E-state index contributed by atoms with van der Waals surface area (Å²) in [6, 6.07) is 10.7. The van der Waals surface area contributed by atoms with E-state index in [1.54, 1.807) is 0 Å². The molecule has 0 saturated carbocycles. The van der Waals surface area contributed by atoms with E-state index in [2.05, 4.69) is 26.1 Å². The Kier molecular flexibility index (Phi) is 8.31. The fraction of sp³-hybridized carbons (Fsp3) is 0.647. The van der Waals surface area contributed by atoms with Crippen molar-refractivity contribution in [3.8, 4) is 5.75 Å². The molecule has 2 heteroatoms. The lowest BCUT2D eigenvalue weighted by Crippen LogP contribution is -2.35. The third-order valence-corrected chi connectivity index (χ3v) is 3.66. The van der Waals surface area contributed by atoms with Crippen molar-refractivity contribution in [2.24, 2.45) is 5.92 Å². The smallest absolute Gasteiger partial charge is 0.119 e. The molecule has 2 unspecified atom stereocenters. The molecule has 2 nitrogen and oxygen atoms in total. The Morgan fingerprint density at radius 2 is 1.89 bits per heavy atom. The Morgan fingerprint density at radius 1 is 1.16 bits per heavy atom. The van der Waals surface area contributed by atoms with E-state index >= 15 is 0 Å². The number of para-hydroxylation sites is 1. The van der Waals surface area contributed by atoms with Crippen molar-refractivity contribution in [3.05, 3.63) is 30.3 Å². The first-order valence-corrected chi connectivity index (χ1v) is 7.69. The molecule has 1 aromatic rings. The molecule has 0 amide bonds. The van der Waals surface area contributed by atoms with Gasteiger partial charge in [0.2, 0.25) is 0 Å². The third-order valence-electron chi connectivity index (χ3n) is 3.66. The maximum absolute atomic E-state index is 5.75. The maximum Gasteiger partial charge on any atom is 0.119 e. The van der Waals surface area contributed by atoms with E-state index in [9.17, 15) is 0 Å². The monoisotopic (exact) mass is 263 g/mol. The van der Waals surface area contributed by atoms with Gasteiger partial charge in [0.05, 0.1) is 6.61 Å². The Morgan fingerprint density at radius 3 is 2.53 bits per heavy atom. The Balaban J connectivity index is 2.23.